The highest BCUT2D eigenvalue weighted by Crippen LogP contribution is 2.23. The van der Waals surface area contributed by atoms with Crippen LogP contribution in [0, 0.1) is 0 Å². The zero-order valence-corrected chi connectivity index (χ0v) is 14.7. The van der Waals surface area contributed by atoms with Crippen molar-refractivity contribution in [2.75, 3.05) is 25.1 Å². The molecular weight excluding hydrogens is 318 g/mol. The van der Waals surface area contributed by atoms with E-state index in [-0.39, 0.29) is 11.7 Å². The summed E-state index contributed by atoms with van der Waals surface area (Å²) in [6.45, 7) is 5.85. The number of ether oxygens (including phenoxy) is 1. The minimum atomic E-state index is -0.335. The van der Waals surface area contributed by atoms with Gasteiger partial charge >= 0.3 is 0 Å². The largest absolute Gasteiger partial charge is 0.507 e. The predicted molar refractivity (Wildman–Crippen MR) is 99.7 cm³/mol. The maximum absolute atomic E-state index is 12.0. The van der Waals surface area contributed by atoms with Crippen LogP contribution in [-0.2, 0) is 0 Å². The van der Waals surface area contributed by atoms with Crippen LogP contribution in [0.2, 0.25) is 0 Å². The fourth-order valence-corrected chi connectivity index (χ4v) is 2.39. The van der Waals surface area contributed by atoms with E-state index in [2.05, 4.69) is 29.3 Å². The Labute approximate surface area is 147 Å². The van der Waals surface area contributed by atoms with E-state index in [1.807, 2.05) is 6.07 Å². The molecule has 0 bridgehead atoms. The molecule has 2 rings (SSSR count). The van der Waals surface area contributed by atoms with Gasteiger partial charge < -0.3 is 14.7 Å². The molecule has 0 heterocycles. The highest BCUT2D eigenvalue weighted by molar-refractivity contribution is 5.95. The molecule has 0 saturated carbocycles. The van der Waals surface area contributed by atoms with Gasteiger partial charge in [-0.25, -0.2) is 5.43 Å². The highest BCUT2D eigenvalue weighted by atomic mass is 16.5. The number of benzene rings is 2. The van der Waals surface area contributed by atoms with Crippen LogP contribution in [0.3, 0.4) is 0 Å². The number of hydrogen-bond donors (Lipinski definition) is 2. The Morgan fingerprint density at radius 3 is 2.44 bits per heavy atom. The van der Waals surface area contributed by atoms with Crippen LogP contribution in [0.5, 0.6) is 11.5 Å². The standard InChI is InChI=1S/C19H23N3O3/c1-4-22(5-2)16-9-6-15(18(23)12-16)13-20-21-19(24)14-7-10-17(25-3)11-8-14/h6-13,23H,4-5H2,1-3H3,(H,21,24)/b20-13-. The number of carbonyl (C=O) groups is 1. The van der Waals surface area contributed by atoms with Crippen LogP contribution in [0.1, 0.15) is 29.8 Å². The molecule has 6 heteroatoms. The molecule has 0 unspecified atom stereocenters. The third kappa shape index (κ3) is 4.73. The molecular formula is C19H23N3O3. The molecule has 2 aromatic carbocycles. The average Bonchev–Trinajstić information content (AvgIpc) is 2.64. The number of phenolic OH excluding ortho intramolecular Hbond substituents is 1. The highest BCUT2D eigenvalue weighted by Gasteiger charge is 2.07. The van der Waals surface area contributed by atoms with Crippen molar-refractivity contribution in [2.45, 2.75) is 13.8 Å². The van der Waals surface area contributed by atoms with Gasteiger partial charge in [-0.05, 0) is 50.2 Å². The molecule has 25 heavy (non-hydrogen) atoms. The fraction of sp³-hybridized carbons (Fsp3) is 0.263. The second-order valence-corrected chi connectivity index (χ2v) is 5.34. The van der Waals surface area contributed by atoms with E-state index < -0.39 is 0 Å². The second kappa shape index (κ2) is 8.73. The van der Waals surface area contributed by atoms with Gasteiger partial charge in [-0.1, -0.05) is 0 Å². The SMILES string of the molecule is CCN(CC)c1ccc(/C=N\NC(=O)c2ccc(OC)cc2)c(O)c1. The van der Waals surface area contributed by atoms with Crippen LogP contribution in [0.25, 0.3) is 0 Å². The van der Waals surface area contributed by atoms with Gasteiger partial charge in [0.05, 0.1) is 13.3 Å². The van der Waals surface area contributed by atoms with Crippen LogP contribution in [-0.4, -0.2) is 37.4 Å². The van der Waals surface area contributed by atoms with Gasteiger partial charge in [-0.15, -0.1) is 0 Å². The minimum Gasteiger partial charge on any atom is -0.507 e. The number of nitrogens with zero attached hydrogens (tertiary/aromatic N) is 2. The number of rotatable bonds is 7. The lowest BCUT2D eigenvalue weighted by molar-refractivity contribution is 0.0955. The van der Waals surface area contributed by atoms with Crippen molar-refractivity contribution in [1.29, 1.82) is 0 Å². The first-order valence-corrected chi connectivity index (χ1v) is 8.14. The van der Waals surface area contributed by atoms with Crippen molar-refractivity contribution in [3.05, 3.63) is 53.6 Å². The first kappa shape index (κ1) is 18.3. The van der Waals surface area contributed by atoms with Gasteiger partial charge in [-0.3, -0.25) is 4.79 Å². The summed E-state index contributed by atoms with van der Waals surface area (Å²) >= 11 is 0. The topological polar surface area (TPSA) is 74.2 Å². The molecule has 0 aliphatic carbocycles. The molecule has 6 nitrogen and oxygen atoms in total. The average molecular weight is 341 g/mol. The molecule has 0 aliphatic heterocycles. The van der Waals surface area contributed by atoms with Crippen molar-refractivity contribution < 1.29 is 14.6 Å². The molecule has 0 aromatic heterocycles. The molecule has 0 saturated heterocycles. The molecule has 2 aromatic rings. The minimum absolute atomic E-state index is 0.117. The Balaban J connectivity index is 2.02. The summed E-state index contributed by atoms with van der Waals surface area (Å²) in [7, 11) is 1.57. The lowest BCUT2D eigenvalue weighted by Gasteiger charge is -2.21. The van der Waals surface area contributed by atoms with Crippen LogP contribution in [0.15, 0.2) is 47.6 Å². The third-order valence-corrected chi connectivity index (χ3v) is 3.86. The first-order valence-electron chi connectivity index (χ1n) is 8.14. The number of amides is 1. The van der Waals surface area contributed by atoms with Gasteiger partial charge in [-0.2, -0.15) is 5.10 Å². The maximum Gasteiger partial charge on any atom is 0.271 e. The van der Waals surface area contributed by atoms with Crippen molar-refractivity contribution in [3.63, 3.8) is 0 Å². The summed E-state index contributed by atoms with van der Waals surface area (Å²) in [5, 5.41) is 14.0. The lowest BCUT2D eigenvalue weighted by Crippen LogP contribution is -2.21. The number of hydrogen-bond acceptors (Lipinski definition) is 5. The van der Waals surface area contributed by atoms with Gasteiger partial charge in [0.25, 0.3) is 5.91 Å². The fourth-order valence-electron chi connectivity index (χ4n) is 2.39. The van der Waals surface area contributed by atoms with Crippen molar-refractivity contribution in [3.8, 4) is 11.5 Å². The Morgan fingerprint density at radius 1 is 1.20 bits per heavy atom. The molecule has 0 fully saturated rings. The Hall–Kier alpha value is -3.02. The van der Waals surface area contributed by atoms with Crippen molar-refractivity contribution >= 4 is 17.8 Å². The quantitative estimate of drug-likeness (QED) is 0.600. The van der Waals surface area contributed by atoms with E-state index >= 15 is 0 Å². The summed E-state index contributed by atoms with van der Waals surface area (Å²) in [5.74, 6) is 0.461. The summed E-state index contributed by atoms with van der Waals surface area (Å²) in [6.07, 6.45) is 1.42. The van der Waals surface area contributed by atoms with Gasteiger partial charge in [0, 0.05) is 36.0 Å². The zero-order valence-electron chi connectivity index (χ0n) is 14.7. The van der Waals surface area contributed by atoms with E-state index in [1.165, 1.54) is 6.21 Å². The van der Waals surface area contributed by atoms with E-state index in [4.69, 9.17) is 4.74 Å². The predicted octanol–water partition coefficient (Wildman–Crippen LogP) is 3.01. The maximum atomic E-state index is 12.0. The normalized spacial score (nSPS) is 10.7. The first-order chi connectivity index (χ1) is 12.1. The van der Waals surface area contributed by atoms with E-state index in [0.717, 1.165) is 18.8 Å². The molecule has 0 radical (unpaired) electrons. The lowest BCUT2D eigenvalue weighted by atomic mass is 10.2. The van der Waals surface area contributed by atoms with E-state index in [9.17, 15) is 9.90 Å². The number of anilines is 1. The van der Waals surface area contributed by atoms with Crippen LogP contribution < -0.4 is 15.1 Å². The number of methoxy groups -OCH3 is 1. The van der Waals surface area contributed by atoms with Crippen molar-refractivity contribution in [1.82, 2.24) is 5.43 Å². The van der Waals surface area contributed by atoms with E-state index in [1.54, 1.807) is 43.5 Å². The van der Waals surface area contributed by atoms with Crippen LogP contribution >= 0.6 is 0 Å². The smallest absolute Gasteiger partial charge is 0.271 e. The molecule has 132 valence electrons. The summed E-state index contributed by atoms with van der Waals surface area (Å²) in [5.41, 5.74) is 4.39. The van der Waals surface area contributed by atoms with Crippen LogP contribution in [0.4, 0.5) is 5.69 Å². The molecule has 0 aliphatic rings. The van der Waals surface area contributed by atoms with E-state index in [0.29, 0.717) is 16.9 Å². The molecule has 0 atom stereocenters. The van der Waals surface area contributed by atoms with Gasteiger partial charge in [0.15, 0.2) is 0 Å². The van der Waals surface area contributed by atoms with Gasteiger partial charge in [0.1, 0.15) is 11.5 Å². The summed E-state index contributed by atoms with van der Waals surface area (Å²) in [6, 6.07) is 12.1. The Kier molecular flexibility index (Phi) is 6.39. The molecule has 2 N–H and O–H groups in total. The molecule has 0 spiro atoms. The zero-order chi connectivity index (χ0) is 18.2. The molecule has 1 amide bonds. The summed E-state index contributed by atoms with van der Waals surface area (Å²) < 4.78 is 5.05. The van der Waals surface area contributed by atoms with Crippen molar-refractivity contribution in [2.24, 2.45) is 5.10 Å². The monoisotopic (exact) mass is 341 g/mol. The Bertz CT molecular complexity index is 738. The van der Waals surface area contributed by atoms with Gasteiger partial charge in [0.2, 0.25) is 0 Å². The number of nitrogens with one attached hydrogen (secondary N) is 1. The second-order valence-electron chi connectivity index (χ2n) is 5.34. The third-order valence-electron chi connectivity index (χ3n) is 3.86. The number of hydrazone groups is 1. The Morgan fingerprint density at radius 2 is 1.88 bits per heavy atom. The summed E-state index contributed by atoms with van der Waals surface area (Å²) in [4.78, 5) is 14.1. The number of carbonyl (C=O) groups excluding carboxylic acids is 1. The number of aromatic hydroxyl groups is 1. The number of phenols is 1.